The van der Waals surface area contributed by atoms with Crippen LogP contribution >= 0.6 is 0 Å². The van der Waals surface area contributed by atoms with Gasteiger partial charge in [0.15, 0.2) is 0 Å². The minimum atomic E-state index is -0.393. The van der Waals surface area contributed by atoms with Crippen molar-refractivity contribution >= 4 is 5.97 Å². The summed E-state index contributed by atoms with van der Waals surface area (Å²) in [5, 5.41) is 0. The van der Waals surface area contributed by atoms with Crippen molar-refractivity contribution in [2.75, 3.05) is 40.0 Å². The third-order valence-corrected chi connectivity index (χ3v) is 4.03. The lowest BCUT2D eigenvalue weighted by Crippen LogP contribution is -2.49. The fraction of sp³-hybridized carbons (Fsp3) is 0.824. The van der Waals surface area contributed by atoms with Crippen molar-refractivity contribution in [2.45, 2.75) is 40.0 Å². The van der Waals surface area contributed by atoms with Gasteiger partial charge in [0.1, 0.15) is 0 Å². The third-order valence-electron chi connectivity index (χ3n) is 4.03. The van der Waals surface area contributed by atoms with Gasteiger partial charge in [0.25, 0.3) is 0 Å². The van der Waals surface area contributed by atoms with E-state index in [1.54, 1.807) is 7.11 Å². The van der Waals surface area contributed by atoms with Crippen molar-refractivity contribution in [3.63, 3.8) is 0 Å². The normalized spacial score (nSPS) is 23.9. The summed E-state index contributed by atoms with van der Waals surface area (Å²) in [6, 6.07) is 0. The second kappa shape index (κ2) is 9.21. The topological polar surface area (TPSA) is 38.8 Å². The molecule has 21 heavy (non-hydrogen) atoms. The first kappa shape index (κ1) is 18.2. The Labute approximate surface area is 129 Å². The lowest BCUT2D eigenvalue weighted by molar-refractivity contribution is -0.160. The molecule has 1 fully saturated rings. The summed E-state index contributed by atoms with van der Waals surface area (Å²) in [4.78, 5) is 14.8. The Morgan fingerprint density at radius 2 is 2.19 bits per heavy atom. The van der Waals surface area contributed by atoms with Crippen LogP contribution in [0.25, 0.3) is 0 Å². The van der Waals surface area contributed by atoms with E-state index in [9.17, 15) is 4.79 Å². The highest BCUT2D eigenvalue weighted by Crippen LogP contribution is 2.35. The van der Waals surface area contributed by atoms with Gasteiger partial charge in [-0.25, -0.2) is 0 Å². The Balaban J connectivity index is 2.70. The lowest BCUT2D eigenvalue weighted by atomic mass is 9.77. The number of esters is 1. The Bertz CT molecular complexity index is 341. The van der Waals surface area contributed by atoms with Crippen molar-refractivity contribution in [3.8, 4) is 0 Å². The average Bonchev–Trinajstić information content (AvgIpc) is 2.45. The summed E-state index contributed by atoms with van der Waals surface area (Å²) in [5.41, 5.74) is -0.393. The van der Waals surface area contributed by atoms with E-state index in [1.165, 1.54) is 0 Å². The monoisotopic (exact) mass is 297 g/mol. The molecule has 0 spiro atoms. The molecule has 1 atom stereocenters. The van der Waals surface area contributed by atoms with Crippen LogP contribution in [0.3, 0.4) is 0 Å². The van der Waals surface area contributed by atoms with E-state index in [2.05, 4.69) is 30.9 Å². The maximum atomic E-state index is 12.4. The van der Waals surface area contributed by atoms with Gasteiger partial charge in [0.05, 0.1) is 12.0 Å². The predicted molar refractivity (Wildman–Crippen MR) is 85.2 cm³/mol. The van der Waals surface area contributed by atoms with E-state index >= 15 is 0 Å². The summed E-state index contributed by atoms with van der Waals surface area (Å²) in [6.07, 6.45) is 7.11. The number of hydrogen-bond acceptors (Lipinski definition) is 4. The van der Waals surface area contributed by atoms with E-state index in [0.29, 0.717) is 19.1 Å². The van der Waals surface area contributed by atoms with Crippen molar-refractivity contribution in [1.82, 2.24) is 4.90 Å². The highest BCUT2D eigenvalue weighted by Gasteiger charge is 2.42. The molecule has 1 rings (SSSR count). The molecule has 0 unspecified atom stereocenters. The molecule has 0 aromatic rings. The summed E-state index contributed by atoms with van der Waals surface area (Å²) in [6.45, 7) is 10.0. The van der Waals surface area contributed by atoms with Crippen molar-refractivity contribution < 1.29 is 14.3 Å². The van der Waals surface area contributed by atoms with Crippen molar-refractivity contribution in [1.29, 1.82) is 0 Å². The highest BCUT2D eigenvalue weighted by molar-refractivity contribution is 5.77. The number of carbonyl (C=O) groups excluding carboxylic acids is 1. The standard InChI is InChI=1S/C17H31NO3/c1-5-21-16(19)17(10-13-20-4)9-7-12-18(14-17)11-6-8-15(2)3/h6,8,15H,5,7,9-14H2,1-4H3/b8-6+/t17-/m0/s1. The fourth-order valence-electron chi connectivity index (χ4n) is 2.92. The van der Waals surface area contributed by atoms with E-state index in [1.807, 2.05) is 6.92 Å². The second-order valence-corrected chi connectivity index (χ2v) is 6.25. The summed E-state index contributed by atoms with van der Waals surface area (Å²) in [7, 11) is 1.69. The summed E-state index contributed by atoms with van der Waals surface area (Å²) in [5.74, 6) is 0.512. The number of allylic oxidation sites excluding steroid dienone is 1. The minimum Gasteiger partial charge on any atom is -0.466 e. The number of likely N-dealkylation sites (tertiary alicyclic amines) is 1. The van der Waals surface area contributed by atoms with Crippen LogP contribution in [0.2, 0.25) is 0 Å². The molecule has 0 aromatic carbocycles. The van der Waals surface area contributed by atoms with Gasteiger partial charge in [-0.05, 0) is 38.6 Å². The van der Waals surface area contributed by atoms with Crippen molar-refractivity contribution in [2.24, 2.45) is 11.3 Å². The van der Waals surface area contributed by atoms with Gasteiger partial charge in [-0.2, -0.15) is 0 Å². The summed E-state index contributed by atoms with van der Waals surface area (Å²) >= 11 is 0. The zero-order valence-electron chi connectivity index (χ0n) is 14.1. The Morgan fingerprint density at radius 1 is 1.43 bits per heavy atom. The van der Waals surface area contributed by atoms with Gasteiger partial charge in [-0.15, -0.1) is 0 Å². The lowest BCUT2D eigenvalue weighted by Gasteiger charge is -2.40. The van der Waals surface area contributed by atoms with Gasteiger partial charge in [0, 0.05) is 26.8 Å². The molecule has 4 heteroatoms. The minimum absolute atomic E-state index is 0.0559. The van der Waals surface area contributed by atoms with Gasteiger partial charge in [-0.3, -0.25) is 9.69 Å². The van der Waals surface area contributed by atoms with Crippen LogP contribution in [0.1, 0.15) is 40.0 Å². The van der Waals surface area contributed by atoms with Gasteiger partial charge < -0.3 is 9.47 Å². The number of ether oxygens (including phenoxy) is 2. The van der Waals surface area contributed by atoms with Gasteiger partial charge in [-0.1, -0.05) is 26.0 Å². The maximum absolute atomic E-state index is 12.4. The van der Waals surface area contributed by atoms with Crippen LogP contribution in [-0.2, 0) is 14.3 Å². The van der Waals surface area contributed by atoms with Crippen LogP contribution in [0.15, 0.2) is 12.2 Å². The maximum Gasteiger partial charge on any atom is 0.313 e. The molecule has 0 saturated carbocycles. The zero-order chi connectivity index (χ0) is 15.7. The number of carbonyl (C=O) groups is 1. The Kier molecular flexibility index (Phi) is 7.97. The van der Waals surface area contributed by atoms with Crippen LogP contribution in [0.4, 0.5) is 0 Å². The molecule has 4 nitrogen and oxygen atoms in total. The number of hydrogen-bond donors (Lipinski definition) is 0. The van der Waals surface area contributed by atoms with Gasteiger partial charge in [0.2, 0.25) is 0 Å². The molecular formula is C17H31NO3. The van der Waals surface area contributed by atoms with Crippen LogP contribution in [0, 0.1) is 11.3 Å². The highest BCUT2D eigenvalue weighted by atomic mass is 16.5. The Hall–Kier alpha value is -0.870. The van der Waals surface area contributed by atoms with E-state index in [4.69, 9.17) is 9.47 Å². The molecule has 1 aliphatic heterocycles. The van der Waals surface area contributed by atoms with E-state index in [-0.39, 0.29) is 5.97 Å². The molecule has 122 valence electrons. The number of piperidine rings is 1. The fourth-order valence-corrected chi connectivity index (χ4v) is 2.92. The van der Waals surface area contributed by atoms with E-state index in [0.717, 1.165) is 38.9 Å². The first-order valence-electron chi connectivity index (χ1n) is 8.09. The summed E-state index contributed by atoms with van der Waals surface area (Å²) < 4.78 is 10.5. The Morgan fingerprint density at radius 3 is 2.81 bits per heavy atom. The molecular weight excluding hydrogens is 266 g/mol. The SMILES string of the molecule is CCOC(=O)[C@]1(CCOC)CCCN(C/C=C/C(C)C)C1. The van der Waals surface area contributed by atoms with E-state index < -0.39 is 5.41 Å². The van der Waals surface area contributed by atoms with Crippen molar-refractivity contribution in [3.05, 3.63) is 12.2 Å². The van der Waals surface area contributed by atoms with Crippen LogP contribution < -0.4 is 0 Å². The molecule has 1 aliphatic rings. The van der Waals surface area contributed by atoms with Crippen LogP contribution in [0.5, 0.6) is 0 Å². The molecule has 0 aromatic heterocycles. The van der Waals surface area contributed by atoms with Gasteiger partial charge >= 0.3 is 5.97 Å². The average molecular weight is 297 g/mol. The zero-order valence-corrected chi connectivity index (χ0v) is 14.1. The first-order valence-corrected chi connectivity index (χ1v) is 8.09. The van der Waals surface area contributed by atoms with Crippen LogP contribution in [-0.4, -0.2) is 50.8 Å². The second-order valence-electron chi connectivity index (χ2n) is 6.25. The predicted octanol–water partition coefficient (Wildman–Crippen LogP) is 2.88. The molecule has 0 amide bonds. The quantitative estimate of drug-likeness (QED) is 0.510. The molecule has 1 saturated heterocycles. The molecule has 0 aliphatic carbocycles. The molecule has 0 N–H and O–H groups in total. The number of nitrogens with zero attached hydrogens (tertiary/aromatic N) is 1. The number of methoxy groups -OCH3 is 1. The number of rotatable bonds is 8. The molecule has 1 heterocycles. The third kappa shape index (κ3) is 5.79. The first-order chi connectivity index (χ1) is 10.0. The smallest absolute Gasteiger partial charge is 0.313 e. The largest absolute Gasteiger partial charge is 0.466 e. The molecule has 0 radical (unpaired) electrons. The molecule has 0 bridgehead atoms.